The zero-order valence-electron chi connectivity index (χ0n) is 14.3. The van der Waals surface area contributed by atoms with Gasteiger partial charge in [0.15, 0.2) is 0 Å². The quantitative estimate of drug-likeness (QED) is 0.318. The summed E-state index contributed by atoms with van der Waals surface area (Å²) >= 11 is 5.89. The first-order valence-corrected chi connectivity index (χ1v) is 8.40. The number of carbonyl (C=O) groups excluding carboxylic acids is 1. The van der Waals surface area contributed by atoms with Crippen LogP contribution in [0.4, 0.5) is 14.5 Å². The van der Waals surface area contributed by atoms with Crippen molar-refractivity contribution in [1.29, 1.82) is 0 Å². The number of aromatic nitrogens is 1. The van der Waals surface area contributed by atoms with Gasteiger partial charge >= 0.3 is 12.6 Å². The van der Waals surface area contributed by atoms with Crippen LogP contribution in [0.2, 0.25) is 5.02 Å². The third-order valence-corrected chi connectivity index (χ3v) is 3.78. The van der Waals surface area contributed by atoms with Crippen molar-refractivity contribution >= 4 is 29.5 Å². The molecule has 1 heterocycles. The van der Waals surface area contributed by atoms with E-state index in [0.29, 0.717) is 17.0 Å². The Morgan fingerprint density at radius 1 is 1.14 bits per heavy atom. The topological polar surface area (TPSA) is 60.8 Å². The number of ether oxygens (including phenoxy) is 2. The molecule has 0 N–H and O–H groups in total. The zero-order valence-corrected chi connectivity index (χ0v) is 15.0. The van der Waals surface area contributed by atoms with E-state index in [9.17, 15) is 13.6 Å². The van der Waals surface area contributed by atoms with Crippen LogP contribution in [-0.4, -0.2) is 23.8 Å². The molecule has 0 fully saturated rings. The van der Waals surface area contributed by atoms with Crippen molar-refractivity contribution in [2.75, 3.05) is 0 Å². The predicted octanol–water partition coefficient (Wildman–Crippen LogP) is 5.31. The van der Waals surface area contributed by atoms with E-state index >= 15 is 0 Å². The molecule has 0 atom stereocenters. The van der Waals surface area contributed by atoms with Crippen LogP contribution in [0.25, 0.3) is 0 Å². The molecule has 28 heavy (non-hydrogen) atoms. The highest BCUT2D eigenvalue weighted by atomic mass is 35.5. The summed E-state index contributed by atoms with van der Waals surface area (Å²) in [6.45, 7) is -2.95. The maximum Gasteiger partial charge on any atom is 0.387 e. The first kappa shape index (κ1) is 19.4. The number of carbonyl (C=O) groups is 1. The Bertz CT molecular complexity index is 981. The van der Waals surface area contributed by atoms with E-state index in [-0.39, 0.29) is 10.8 Å². The lowest BCUT2D eigenvalue weighted by Crippen LogP contribution is -2.08. The third kappa shape index (κ3) is 5.34. The summed E-state index contributed by atoms with van der Waals surface area (Å²) in [6.07, 6.45) is 4.55. The minimum absolute atomic E-state index is 0.0348. The molecule has 0 aliphatic heterocycles. The Morgan fingerprint density at radius 2 is 1.93 bits per heavy atom. The van der Waals surface area contributed by atoms with Crippen LogP contribution >= 0.6 is 11.6 Å². The summed E-state index contributed by atoms with van der Waals surface area (Å²) in [5.41, 5.74) is 1.56. The number of hydrogen-bond acceptors (Lipinski definition) is 5. The lowest BCUT2D eigenvalue weighted by atomic mass is 10.2. The number of hydrogen-bond donors (Lipinski definition) is 0. The average Bonchev–Trinajstić information content (AvgIpc) is 2.70. The second-order valence-corrected chi connectivity index (χ2v) is 5.86. The molecule has 0 radical (unpaired) electrons. The van der Waals surface area contributed by atoms with Crippen LogP contribution in [-0.2, 0) is 0 Å². The highest BCUT2D eigenvalue weighted by molar-refractivity contribution is 6.32. The molecule has 1 aromatic heterocycles. The smallest absolute Gasteiger partial charge is 0.387 e. The van der Waals surface area contributed by atoms with E-state index in [1.807, 2.05) is 0 Å². The molecule has 0 unspecified atom stereocenters. The third-order valence-electron chi connectivity index (χ3n) is 3.48. The van der Waals surface area contributed by atoms with Gasteiger partial charge in [-0.05, 0) is 60.2 Å². The largest absolute Gasteiger partial charge is 0.433 e. The first-order valence-electron chi connectivity index (χ1n) is 8.02. The van der Waals surface area contributed by atoms with Gasteiger partial charge < -0.3 is 9.47 Å². The summed E-state index contributed by atoms with van der Waals surface area (Å²) < 4.78 is 34.0. The van der Waals surface area contributed by atoms with E-state index in [0.717, 1.165) is 5.56 Å². The van der Waals surface area contributed by atoms with Gasteiger partial charge in [-0.2, -0.15) is 8.78 Å². The highest BCUT2D eigenvalue weighted by Crippen LogP contribution is 2.30. The van der Waals surface area contributed by atoms with Crippen molar-refractivity contribution in [2.45, 2.75) is 6.61 Å². The predicted molar refractivity (Wildman–Crippen MR) is 101 cm³/mol. The lowest BCUT2D eigenvalue weighted by Gasteiger charge is -2.06. The van der Waals surface area contributed by atoms with Crippen LogP contribution < -0.4 is 9.47 Å². The van der Waals surface area contributed by atoms with Crippen molar-refractivity contribution < 1.29 is 23.0 Å². The summed E-state index contributed by atoms with van der Waals surface area (Å²) in [4.78, 5) is 20.1. The first-order chi connectivity index (χ1) is 13.5. The van der Waals surface area contributed by atoms with Gasteiger partial charge in [-0.25, -0.2) is 4.79 Å². The standard InChI is InChI=1S/C20H13ClF2N2O3/c21-17-10-15(5-8-18(17)28-20(22)23)25-11-13-3-6-16(7-4-13)27-19(26)14-2-1-9-24-12-14/h1-12,20H. The molecule has 142 valence electrons. The van der Waals surface area contributed by atoms with Gasteiger partial charge in [0.05, 0.1) is 16.3 Å². The van der Waals surface area contributed by atoms with Gasteiger partial charge in [0, 0.05) is 18.6 Å². The molecular weight excluding hydrogens is 390 g/mol. The van der Waals surface area contributed by atoms with Gasteiger partial charge in [-0.3, -0.25) is 9.98 Å². The second-order valence-electron chi connectivity index (χ2n) is 5.45. The fraction of sp³-hybridized carbons (Fsp3) is 0.0500. The number of esters is 1. The van der Waals surface area contributed by atoms with E-state index in [1.165, 1.54) is 24.4 Å². The van der Waals surface area contributed by atoms with Crippen LogP contribution in [0.5, 0.6) is 11.5 Å². The Morgan fingerprint density at radius 3 is 2.57 bits per heavy atom. The fourth-order valence-electron chi connectivity index (χ4n) is 2.18. The molecule has 0 spiro atoms. The highest BCUT2D eigenvalue weighted by Gasteiger charge is 2.09. The number of alkyl halides is 2. The van der Waals surface area contributed by atoms with Gasteiger partial charge in [0.1, 0.15) is 11.5 Å². The summed E-state index contributed by atoms with van der Waals surface area (Å²) in [6, 6.07) is 14.2. The number of pyridine rings is 1. The molecule has 8 heteroatoms. The number of aliphatic imine (C=N–C) groups is 1. The number of rotatable bonds is 6. The molecule has 0 saturated heterocycles. The summed E-state index contributed by atoms with van der Waals surface area (Å²) in [7, 11) is 0. The van der Waals surface area contributed by atoms with Gasteiger partial charge in [0.25, 0.3) is 0 Å². The van der Waals surface area contributed by atoms with E-state index in [2.05, 4.69) is 14.7 Å². The molecule has 3 rings (SSSR count). The van der Waals surface area contributed by atoms with Crippen LogP contribution in [0.3, 0.4) is 0 Å². The fourth-order valence-corrected chi connectivity index (χ4v) is 2.40. The van der Waals surface area contributed by atoms with Gasteiger partial charge in [-0.15, -0.1) is 0 Å². The zero-order chi connectivity index (χ0) is 19.9. The second kappa shape index (κ2) is 9.05. The molecule has 0 aliphatic rings. The molecule has 2 aromatic carbocycles. The molecule has 0 aliphatic carbocycles. The van der Waals surface area contributed by atoms with Gasteiger partial charge in [0.2, 0.25) is 0 Å². The molecule has 0 saturated carbocycles. The normalized spacial score (nSPS) is 11.0. The molecule has 0 amide bonds. The van der Waals surface area contributed by atoms with Crippen LogP contribution in [0.1, 0.15) is 15.9 Å². The Labute approximate surface area is 164 Å². The van der Waals surface area contributed by atoms with E-state index in [1.54, 1.807) is 48.8 Å². The van der Waals surface area contributed by atoms with Crippen molar-refractivity contribution in [3.63, 3.8) is 0 Å². The van der Waals surface area contributed by atoms with Crippen LogP contribution in [0.15, 0.2) is 72.0 Å². The summed E-state index contributed by atoms with van der Waals surface area (Å²) in [5, 5.41) is 0.0348. The monoisotopic (exact) mass is 402 g/mol. The minimum Gasteiger partial charge on any atom is -0.433 e. The summed E-state index contributed by atoms with van der Waals surface area (Å²) in [5.74, 6) is -0.242. The van der Waals surface area contributed by atoms with Crippen molar-refractivity contribution in [3.8, 4) is 11.5 Å². The molecule has 5 nitrogen and oxygen atoms in total. The van der Waals surface area contributed by atoms with Crippen molar-refractivity contribution in [2.24, 2.45) is 4.99 Å². The van der Waals surface area contributed by atoms with Crippen molar-refractivity contribution in [1.82, 2.24) is 4.98 Å². The van der Waals surface area contributed by atoms with Crippen molar-refractivity contribution in [3.05, 3.63) is 83.1 Å². The molecule has 0 bridgehead atoms. The maximum absolute atomic E-state index is 12.2. The lowest BCUT2D eigenvalue weighted by molar-refractivity contribution is -0.0497. The minimum atomic E-state index is -2.95. The van der Waals surface area contributed by atoms with Crippen LogP contribution in [0, 0.1) is 0 Å². The van der Waals surface area contributed by atoms with E-state index < -0.39 is 12.6 Å². The number of benzene rings is 2. The Hall–Kier alpha value is -3.32. The SMILES string of the molecule is O=C(Oc1ccc(C=Nc2ccc(OC(F)F)c(Cl)c2)cc1)c1cccnc1. The van der Waals surface area contributed by atoms with E-state index in [4.69, 9.17) is 16.3 Å². The molecular formula is C20H13ClF2N2O3. The molecule has 3 aromatic rings. The van der Waals surface area contributed by atoms with Gasteiger partial charge in [-0.1, -0.05) is 11.6 Å². The Balaban J connectivity index is 1.64. The number of nitrogens with zero attached hydrogens (tertiary/aromatic N) is 2. The maximum atomic E-state index is 12.2. The Kier molecular flexibility index (Phi) is 6.29. The average molecular weight is 403 g/mol. The number of halogens is 3.